The Kier molecular flexibility index (Phi) is 9.74. The van der Waals surface area contributed by atoms with Crippen LogP contribution < -0.4 is 19.1 Å². The Morgan fingerprint density at radius 3 is 2.53 bits per heavy atom. The summed E-state index contributed by atoms with van der Waals surface area (Å²) in [5, 5.41) is 0. The highest BCUT2D eigenvalue weighted by atomic mass is 32.2. The van der Waals surface area contributed by atoms with Crippen LogP contribution in [0.2, 0.25) is 0 Å². The summed E-state index contributed by atoms with van der Waals surface area (Å²) in [6.07, 6.45) is 2.76. The van der Waals surface area contributed by atoms with Gasteiger partial charge in [-0.25, -0.2) is 27.2 Å². The summed E-state index contributed by atoms with van der Waals surface area (Å²) in [5.41, 5.74) is 0.542. The lowest BCUT2D eigenvalue weighted by Crippen LogP contribution is -2.53. The summed E-state index contributed by atoms with van der Waals surface area (Å²) in [4.78, 5) is 20.4. The van der Waals surface area contributed by atoms with Gasteiger partial charge in [0, 0.05) is 44.3 Å². The summed E-state index contributed by atoms with van der Waals surface area (Å²) >= 11 is 0. The van der Waals surface area contributed by atoms with Crippen LogP contribution in [0.3, 0.4) is 0 Å². The molecule has 240 valence electrons. The number of benzene rings is 1. The quantitative estimate of drug-likeness (QED) is 0.400. The molecule has 0 saturated carbocycles. The molecule has 2 saturated heterocycles. The molecule has 2 aliphatic heterocycles. The average molecular weight is 642 g/mol. The Labute approximate surface area is 255 Å². The van der Waals surface area contributed by atoms with E-state index in [1.165, 1.54) is 18.2 Å². The Bertz CT molecular complexity index is 1570. The molecule has 1 aromatic heterocycles. The van der Waals surface area contributed by atoms with Crippen molar-refractivity contribution in [2.75, 3.05) is 37.4 Å². The first kappa shape index (κ1) is 33.1. The molecule has 2 N–H and O–H groups in total. The minimum absolute atomic E-state index is 0. The van der Waals surface area contributed by atoms with Gasteiger partial charge in [-0.2, -0.15) is 12.7 Å². The molecule has 2 aromatic rings. The smallest absolute Gasteiger partial charge is 0.304 e. The van der Waals surface area contributed by atoms with Crippen LogP contribution in [-0.2, 0) is 20.2 Å². The van der Waals surface area contributed by atoms with E-state index in [9.17, 15) is 26.0 Å². The van der Waals surface area contributed by atoms with E-state index in [-0.39, 0.29) is 37.5 Å². The lowest BCUT2D eigenvalue weighted by molar-refractivity contribution is 0.0978. The van der Waals surface area contributed by atoms with Gasteiger partial charge in [0.05, 0.1) is 24.1 Å². The number of nitrogens with one attached hydrogen (secondary N) is 2. The van der Waals surface area contributed by atoms with Gasteiger partial charge in [0.15, 0.2) is 0 Å². The van der Waals surface area contributed by atoms with Crippen LogP contribution in [0.15, 0.2) is 30.3 Å². The van der Waals surface area contributed by atoms with E-state index in [1.54, 1.807) is 12.1 Å². The van der Waals surface area contributed by atoms with Gasteiger partial charge in [-0.1, -0.05) is 20.8 Å². The van der Waals surface area contributed by atoms with Gasteiger partial charge in [-0.15, -0.1) is 0 Å². The number of nitrogens with zero attached hydrogens (tertiary/aromatic N) is 3. The molecule has 1 aromatic carbocycles. The van der Waals surface area contributed by atoms with Gasteiger partial charge in [0.2, 0.25) is 10.0 Å². The van der Waals surface area contributed by atoms with Crippen molar-refractivity contribution < 1.29 is 32.2 Å². The predicted octanol–water partition coefficient (Wildman–Crippen LogP) is 3.78. The maximum atomic E-state index is 14.6. The molecule has 0 radical (unpaired) electrons. The maximum absolute atomic E-state index is 14.6. The van der Waals surface area contributed by atoms with Crippen molar-refractivity contribution in [2.24, 2.45) is 11.8 Å². The first-order valence-corrected chi connectivity index (χ1v) is 17.8. The van der Waals surface area contributed by atoms with Gasteiger partial charge in [-0.3, -0.25) is 4.79 Å². The molecule has 0 spiro atoms. The number of ether oxygens (including phenoxy) is 1. The first-order chi connectivity index (χ1) is 19.9. The minimum Gasteiger partial charge on any atom is -0.493 e. The molecular weight excluding hydrogens is 597 g/mol. The largest absolute Gasteiger partial charge is 0.493 e. The molecule has 1 amide bonds. The third-order valence-corrected chi connectivity index (χ3v) is 9.74. The van der Waals surface area contributed by atoms with E-state index in [2.05, 4.69) is 16.4 Å². The topological polar surface area (TPSA) is 138 Å². The molecule has 4 rings (SSSR count). The van der Waals surface area contributed by atoms with Crippen molar-refractivity contribution in [3.8, 4) is 17.0 Å². The normalized spacial score (nSPS) is 21.3. The van der Waals surface area contributed by atoms with E-state index in [1.807, 2.05) is 32.6 Å². The highest BCUT2D eigenvalue weighted by Gasteiger charge is 2.40. The number of hydrogen-bond donors (Lipinski definition) is 2. The molecule has 3 heterocycles. The van der Waals surface area contributed by atoms with E-state index >= 15 is 0 Å². The number of aromatic nitrogens is 1. The fourth-order valence-electron chi connectivity index (χ4n) is 5.80. The van der Waals surface area contributed by atoms with Gasteiger partial charge < -0.3 is 9.64 Å². The predicted molar refractivity (Wildman–Crippen MR) is 166 cm³/mol. The molecular formula is C29H44FN5O6S2. The van der Waals surface area contributed by atoms with Crippen molar-refractivity contribution in [1.82, 2.24) is 18.7 Å². The molecule has 0 aliphatic carbocycles. The van der Waals surface area contributed by atoms with Crippen LogP contribution >= 0.6 is 0 Å². The number of halogens is 1. The van der Waals surface area contributed by atoms with Crippen LogP contribution in [0.5, 0.6) is 5.75 Å². The summed E-state index contributed by atoms with van der Waals surface area (Å²) in [7, 11) is -7.83. The molecule has 14 heteroatoms. The SMILES string of the molecule is CC(C)COc1cc(F)cc(-c2ccc(C(=O)NS(=O)(=O)N3CCCC(NS(C)(=O)=O)C3)c(N3CC(C)CC3(C)C)n2)c1.[HH]. The van der Waals surface area contributed by atoms with E-state index in [4.69, 9.17) is 9.72 Å². The highest BCUT2D eigenvalue weighted by Crippen LogP contribution is 2.38. The lowest BCUT2D eigenvalue weighted by atomic mass is 9.97. The molecule has 2 fully saturated rings. The molecule has 0 bridgehead atoms. The number of pyridine rings is 1. The van der Waals surface area contributed by atoms with Crippen LogP contribution in [-0.4, -0.2) is 76.1 Å². The first-order valence-electron chi connectivity index (χ1n) is 14.5. The third-order valence-electron chi connectivity index (χ3n) is 7.53. The number of rotatable bonds is 10. The minimum atomic E-state index is -4.30. The number of anilines is 1. The number of sulfonamides is 1. The number of carbonyl (C=O) groups excluding carboxylic acids is 1. The van der Waals surface area contributed by atoms with E-state index < -0.39 is 38.0 Å². The number of carbonyl (C=O) groups is 1. The summed E-state index contributed by atoms with van der Waals surface area (Å²) in [6.45, 7) is 11.2. The van der Waals surface area contributed by atoms with E-state index in [0.29, 0.717) is 48.8 Å². The number of hydrogen-bond acceptors (Lipinski definition) is 8. The molecule has 2 aliphatic rings. The lowest BCUT2D eigenvalue weighted by Gasteiger charge is -2.34. The monoisotopic (exact) mass is 641 g/mol. The van der Waals surface area contributed by atoms with Crippen LogP contribution in [0.25, 0.3) is 11.3 Å². The zero-order valence-electron chi connectivity index (χ0n) is 25.6. The maximum Gasteiger partial charge on any atom is 0.304 e. The molecule has 11 nitrogen and oxygen atoms in total. The Morgan fingerprint density at radius 1 is 1.19 bits per heavy atom. The average Bonchev–Trinajstić information content (AvgIpc) is 3.17. The second-order valence-electron chi connectivity index (χ2n) is 12.7. The summed E-state index contributed by atoms with van der Waals surface area (Å²) < 4.78 is 76.0. The number of amides is 1. The molecule has 2 atom stereocenters. The fraction of sp³-hybridized carbons (Fsp3) is 0.586. The Morgan fingerprint density at radius 2 is 1.91 bits per heavy atom. The van der Waals surface area contributed by atoms with Crippen LogP contribution in [0.4, 0.5) is 10.2 Å². The fourth-order valence-corrected chi connectivity index (χ4v) is 7.82. The zero-order chi connectivity index (χ0) is 31.7. The van der Waals surface area contributed by atoms with Gasteiger partial charge in [0.25, 0.3) is 5.91 Å². The Hall–Kier alpha value is -2.81. The van der Waals surface area contributed by atoms with Gasteiger partial charge in [-0.05, 0) is 69.2 Å². The summed E-state index contributed by atoms with van der Waals surface area (Å²) in [5.74, 6) is -0.158. The van der Waals surface area contributed by atoms with E-state index in [0.717, 1.165) is 17.0 Å². The van der Waals surface area contributed by atoms with Crippen molar-refractivity contribution in [2.45, 2.75) is 65.5 Å². The van der Waals surface area contributed by atoms with Gasteiger partial charge >= 0.3 is 10.2 Å². The van der Waals surface area contributed by atoms with Crippen LogP contribution in [0.1, 0.15) is 65.7 Å². The van der Waals surface area contributed by atoms with Crippen molar-refractivity contribution in [3.05, 3.63) is 41.7 Å². The molecule has 2 unspecified atom stereocenters. The van der Waals surface area contributed by atoms with Crippen molar-refractivity contribution in [1.29, 1.82) is 0 Å². The van der Waals surface area contributed by atoms with Crippen molar-refractivity contribution >= 4 is 32.0 Å². The highest BCUT2D eigenvalue weighted by molar-refractivity contribution is 7.88. The van der Waals surface area contributed by atoms with Crippen molar-refractivity contribution in [3.63, 3.8) is 0 Å². The third kappa shape index (κ3) is 8.43. The second-order valence-corrected chi connectivity index (χ2v) is 16.2. The zero-order valence-corrected chi connectivity index (χ0v) is 27.2. The Balaban J connectivity index is 0.00000529. The second kappa shape index (κ2) is 12.7. The summed E-state index contributed by atoms with van der Waals surface area (Å²) in [6, 6.07) is 6.81. The standard InChI is InChI=1S/C29H42FN5O6S2.H2/c1-19(2)18-41-24-13-21(12-22(30)14-24)26-10-9-25(27(31-26)35-16-20(3)15-29(35,4)5)28(36)33-43(39,40)34-11-7-8-23(17-34)32-42(6,37)38;/h9-10,12-14,19-20,23,32H,7-8,11,15-18H2,1-6H3,(H,33,36);1H. The van der Waals surface area contributed by atoms with Crippen LogP contribution in [0, 0.1) is 17.7 Å². The molecule has 43 heavy (non-hydrogen) atoms. The number of piperidine rings is 1. The van der Waals surface area contributed by atoms with Gasteiger partial charge in [0.1, 0.15) is 17.4 Å².